The average Bonchev–Trinajstić information content (AvgIpc) is 3.10. The molecule has 0 aliphatic heterocycles. The Morgan fingerprint density at radius 1 is 0.340 bits per heavy atom. The molecular formula is C50H102. The highest BCUT2D eigenvalue weighted by Gasteiger charge is 2.33. The summed E-state index contributed by atoms with van der Waals surface area (Å²) in [7, 11) is 0. The van der Waals surface area contributed by atoms with E-state index in [1.165, 1.54) is 212 Å². The van der Waals surface area contributed by atoms with Crippen LogP contribution >= 0.6 is 0 Å². The van der Waals surface area contributed by atoms with Gasteiger partial charge >= 0.3 is 0 Å². The summed E-state index contributed by atoms with van der Waals surface area (Å²) in [6.45, 7) is 24.8. The fourth-order valence-corrected chi connectivity index (χ4v) is 9.49. The van der Waals surface area contributed by atoms with Crippen molar-refractivity contribution in [2.75, 3.05) is 0 Å². The highest BCUT2D eigenvalue weighted by atomic mass is 14.4. The topological polar surface area (TPSA) is 0 Å². The van der Waals surface area contributed by atoms with Gasteiger partial charge in [-0.05, 0) is 47.3 Å². The van der Waals surface area contributed by atoms with Gasteiger partial charge in [-0.2, -0.15) is 0 Å². The lowest BCUT2D eigenvalue weighted by atomic mass is 9.65. The van der Waals surface area contributed by atoms with Crippen LogP contribution < -0.4 is 0 Å². The first-order valence-electron chi connectivity index (χ1n) is 24.1. The van der Waals surface area contributed by atoms with Crippen LogP contribution in [0.4, 0.5) is 0 Å². The van der Waals surface area contributed by atoms with E-state index in [-0.39, 0.29) is 0 Å². The van der Waals surface area contributed by atoms with Crippen LogP contribution in [0.15, 0.2) is 0 Å². The Kier molecular flexibility index (Phi) is 34.7. The Balaban J connectivity index is 3.59. The molecule has 0 aromatic heterocycles. The van der Waals surface area contributed by atoms with Crippen LogP contribution in [0.25, 0.3) is 0 Å². The van der Waals surface area contributed by atoms with Crippen molar-refractivity contribution in [3.8, 4) is 0 Å². The molecule has 0 aliphatic rings. The molecule has 0 radical (unpaired) electrons. The van der Waals surface area contributed by atoms with Crippen LogP contribution in [-0.2, 0) is 0 Å². The van der Waals surface area contributed by atoms with Gasteiger partial charge in [0.25, 0.3) is 0 Å². The molecule has 50 heavy (non-hydrogen) atoms. The molecule has 5 atom stereocenters. The largest absolute Gasteiger partial charge is 0.0654 e. The highest BCUT2D eigenvalue weighted by Crippen LogP contribution is 2.43. The van der Waals surface area contributed by atoms with E-state index < -0.39 is 0 Å². The second kappa shape index (κ2) is 34.7. The van der Waals surface area contributed by atoms with E-state index in [2.05, 4.69) is 69.2 Å². The molecule has 0 aromatic carbocycles. The summed E-state index contributed by atoms with van der Waals surface area (Å²) in [5.41, 5.74) is 0.509. The van der Waals surface area contributed by atoms with Gasteiger partial charge in [-0.1, -0.05) is 275 Å². The second-order valence-corrected chi connectivity index (χ2v) is 18.9. The minimum Gasteiger partial charge on any atom is -0.0654 e. The fraction of sp³-hybridized carbons (Fsp3) is 1.00. The minimum atomic E-state index is 0.509. The quantitative estimate of drug-likeness (QED) is 0.0559. The lowest BCUT2D eigenvalue weighted by molar-refractivity contribution is 0.0988. The zero-order valence-corrected chi connectivity index (χ0v) is 37.3. The zero-order chi connectivity index (χ0) is 37.3. The molecule has 0 N–H and O–H groups in total. The molecule has 0 heteroatoms. The van der Waals surface area contributed by atoms with Crippen LogP contribution in [0.3, 0.4) is 0 Å². The normalized spacial score (nSPS) is 15.4. The fourth-order valence-electron chi connectivity index (χ4n) is 9.49. The van der Waals surface area contributed by atoms with Crippen molar-refractivity contribution in [1.29, 1.82) is 0 Å². The van der Waals surface area contributed by atoms with Crippen LogP contribution in [0.2, 0.25) is 0 Å². The van der Waals surface area contributed by atoms with E-state index in [1.54, 1.807) is 0 Å². The van der Waals surface area contributed by atoms with Crippen molar-refractivity contribution >= 4 is 0 Å². The SMILES string of the molecule is CCCC(C(C)CCCCCCCCCCCCCCCCCCCCCCCCCCCCC(C)C)C(C)CC(C)C(C)C(C)(CC)CC. The maximum absolute atomic E-state index is 2.59. The van der Waals surface area contributed by atoms with Gasteiger partial charge in [0, 0.05) is 0 Å². The minimum absolute atomic E-state index is 0.509. The third kappa shape index (κ3) is 27.6. The van der Waals surface area contributed by atoms with Crippen molar-refractivity contribution in [3.05, 3.63) is 0 Å². The summed E-state index contributed by atoms with van der Waals surface area (Å²) in [4.78, 5) is 0. The molecule has 0 bridgehead atoms. The maximum atomic E-state index is 2.59. The van der Waals surface area contributed by atoms with Crippen LogP contribution in [0.1, 0.15) is 281 Å². The summed E-state index contributed by atoms with van der Waals surface area (Å²) >= 11 is 0. The summed E-state index contributed by atoms with van der Waals surface area (Å²) in [5, 5.41) is 0. The number of hydrogen-bond acceptors (Lipinski definition) is 0. The van der Waals surface area contributed by atoms with Crippen molar-refractivity contribution in [2.45, 2.75) is 281 Å². The molecule has 0 aliphatic carbocycles. The Bertz CT molecular complexity index is 657. The molecular weight excluding hydrogens is 601 g/mol. The third-order valence-electron chi connectivity index (χ3n) is 14.1. The molecule has 0 rings (SSSR count). The summed E-state index contributed by atoms with van der Waals surface area (Å²) in [5.74, 6) is 5.22. The smallest absolute Gasteiger partial charge is 0.0303 e. The molecule has 0 heterocycles. The van der Waals surface area contributed by atoms with Gasteiger partial charge in [-0.15, -0.1) is 0 Å². The summed E-state index contributed by atoms with van der Waals surface area (Å²) in [6.07, 6.45) is 48.3. The van der Waals surface area contributed by atoms with Crippen molar-refractivity contribution < 1.29 is 0 Å². The van der Waals surface area contributed by atoms with Crippen molar-refractivity contribution in [2.24, 2.45) is 40.9 Å². The third-order valence-corrected chi connectivity index (χ3v) is 14.1. The first-order chi connectivity index (χ1) is 24.1. The van der Waals surface area contributed by atoms with E-state index in [1.807, 2.05) is 0 Å². The van der Waals surface area contributed by atoms with Gasteiger partial charge in [0.15, 0.2) is 0 Å². The van der Waals surface area contributed by atoms with E-state index in [0.29, 0.717) is 5.41 Å². The van der Waals surface area contributed by atoms with Gasteiger partial charge in [-0.3, -0.25) is 0 Å². The molecule has 0 fully saturated rings. The first kappa shape index (κ1) is 50.0. The second-order valence-electron chi connectivity index (χ2n) is 18.9. The van der Waals surface area contributed by atoms with Gasteiger partial charge in [-0.25, -0.2) is 0 Å². The predicted molar refractivity (Wildman–Crippen MR) is 232 cm³/mol. The number of hydrogen-bond donors (Lipinski definition) is 0. The molecule has 0 nitrogen and oxygen atoms in total. The molecule has 0 aromatic rings. The number of rotatable bonds is 39. The molecule has 302 valence electrons. The summed E-state index contributed by atoms with van der Waals surface area (Å²) < 4.78 is 0. The Labute approximate surface area is 321 Å². The van der Waals surface area contributed by atoms with Crippen LogP contribution in [-0.4, -0.2) is 0 Å². The summed E-state index contributed by atoms with van der Waals surface area (Å²) in [6, 6.07) is 0. The van der Waals surface area contributed by atoms with E-state index in [0.717, 1.165) is 35.5 Å². The average molecular weight is 703 g/mol. The highest BCUT2D eigenvalue weighted by molar-refractivity contribution is 4.83. The maximum Gasteiger partial charge on any atom is -0.0303 e. The molecule has 5 unspecified atom stereocenters. The monoisotopic (exact) mass is 703 g/mol. The van der Waals surface area contributed by atoms with Gasteiger partial charge < -0.3 is 0 Å². The lowest BCUT2D eigenvalue weighted by Gasteiger charge is -2.40. The molecule has 0 spiro atoms. The van der Waals surface area contributed by atoms with E-state index >= 15 is 0 Å². The standard InChI is InChI=1S/C50H102/c1-11-40-49(47(8)43-46(7)48(9)50(10,12-2)13-3)45(6)42-39-37-35-33-31-29-27-25-23-21-19-17-15-14-16-18-20-22-24-26-28-30-32-34-36-38-41-44(4)5/h44-49H,11-43H2,1-10H3. The first-order valence-corrected chi connectivity index (χ1v) is 24.1. The van der Waals surface area contributed by atoms with Gasteiger partial charge in [0.2, 0.25) is 0 Å². The Hall–Kier alpha value is 0. The Morgan fingerprint density at radius 3 is 0.920 bits per heavy atom. The predicted octanol–water partition coefficient (Wildman–Crippen LogP) is 18.7. The zero-order valence-electron chi connectivity index (χ0n) is 37.3. The van der Waals surface area contributed by atoms with Crippen LogP contribution in [0, 0.1) is 40.9 Å². The van der Waals surface area contributed by atoms with Gasteiger partial charge in [0.05, 0.1) is 0 Å². The van der Waals surface area contributed by atoms with Crippen molar-refractivity contribution in [3.63, 3.8) is 0 Å². The molecule has 0 saturated heterocycles. The lowest BCUT2D eigenvalue weighted by Crippen LogP contribution is -2.31. The Morgan fingerprint density at radius 2 is 0.640 bits per heavy atom. The van der Waals surface area contributed by atoms with Crippen molar-refractivity contribution in [1.82, 2.24) is 0 Å². The molecule has 0 amide bonds. The van der Waals surface area contributed by atoms with E-state index in [9.17, 15) is 0 Å². The molecule has 0 saturated carbocycles. The van der Waals surface area contributed by atoms with Gasteiger partial charge in [0.1, 0.15) is 0 Å². The number of unbranched alkanes of at least 4 members (excludes halogenated alkanes) is 25. The van der Waals surface area contributed by atoms with E-state index in [4.69, 9.17) is 0 Å². The van der Waals surface area contributed by atoms with Crippen LogP contribution in [0.5, 0.6) is 0 Å².